The van der Waals surface area contributed by atoms with Crippen LogP contribution in [0, 0.1) is 5.92 Å². The molecule has 0 N–H and O–H groups in total. The summed E-state index contributed by atoms with van der Waals surface area (Å²) in [6.07, 6.45) is 5.75. The van der Waals surface area contributed by atoms with Crippen molar-refractivity contribution in [3.05, 3.63) is 40.6 Å². The number of nitrogens with zero attached hydrogens (tertiary/aromatic N) is 6. The van der Waals surface area contributed by atoms with Crippen molar-refractivity contribution in [3.8, 4) is 0 Å². The Morgan fingerprint density at radius 3 is 2.49 bits per heavy atom. The molecule has 2 aromatic rings. The molecule has 0 bridgehead atoms. The number of anilines is 2. The Labute approximate surface area is 225 Å². The summed E-state index contributed by atoms with van der Waals surface area (Å²) in [5.41, 5.74) is 1.62. The molecule has 2 saturated heterocycles. The van der Waals surface area contributed by atoms with E-state index in [1.807, 2.05) is 11.0 Å². The summed E-state index contributed by atoms with van der Waals surface area (Å²) in [5.74, 6) is 0.256. The van der Waals surface area contributed by atoms with Crippen LogP contribution in [-0.2, 0) is 26.0 Å². The van der Waals surface area contributed by atoms with Gasteiger partial charge < -0.3 is 14.7 Å². The number of halogens is 1. The fourth-order valence-corrected chi connectivity index (χ4v) is 7.97. The van der Waals surface area contributed by atoms with Crippen LogP contribution in [0.2, 0.25) is 0 Å². The molecule has 0 saturated carbocycles. The normalized spacial score (nSPS) is 20.7. The summed E-state index contributed by atoms with van der Waals surface area (Å²) in [5, 5.41) is 0. The van der Waals surface area contributed by atoms with Crippen molar-refractivity contribution in [3.63, 3.8) is 0 Å². The molecule has 1 aromatic heterocycles. The van der Waals surface area contributed by atoms with E-state index in [4.69, 9.17) is 0 Å². The van der Waals surface area contributed by atoms with E-state index in [0.29, 0.717) is 81.1 Å². The quantitative estimate of drug-likeness (QED) is 0.525. The van der Waals surface area contributed by atoms with Gasteiger partial charge in [-0.1, -0.05) is 6.92 Å². The van der Waals surface area contributed by atoms with Crippen molar-refractivity contribution >= 4 is 49.4 Å². The van der Waals surface area contributed by atoms with E-state index < -0.39 is 10.0 Å². The smallest absolute Gasteiger partial charge is 0.244 e. The second-order valence-electron chi connectivity index (χ2n) is 9.62. The lowest BCUT2D eigenvalue weighted by atomic mass is 9.98. The summed E-state index contributed by atoms with van der Waals surface area (Å²) in [6, 6.07) is 5.20. The molecular formula is C25H31BrN6O4S. The molecule has 5 rings (SSSR count). The van der Waals surface area contributed by atoms with Crippen LogP contribution < -0.4 is 9.80 Å². The number of piperidine rings is 1. The van der Waals surface area contributed by atoms with Crippen molar-refractivity contribution in [2.24, 2.45) is 5.92 Å². The highest BCUT2D eigenvalue weighted by atomic mass is 79.9. The minimum absolute atomic E-state index is 0.00117. The molecule has 1 atom stereocenters. The average molecular weight is 592 g/mol. The van der Waals surface area contributed by atoms with Gasteiger partial charge in [-0.05, 0) is 59.0 Å². The Bertz CT molecular complexity index is 1280. The van der Waals surface area contributed by atoms with Gasteiger partial charge in [-0.3, -0.25) is 9.59 Å². The van der Waals surface area contributed by atoms with Gasteiger partial charge in [0.05, 0.1) is 10.8 Å². The van der Waals surface area contributed by atoms with Gasteiger partial charge >= 0.3 is 0 Å². The number of aromatic nitrogens is 2. The largest absolute Gasteiger partial charge is 0.339 e. The number of piperazine rings is 1. The van der Waals surface area contributed by atoms with E-state index >= 15 is 0 Å². The number of rotatable bonds is 5. The van der Waals surface area contributed by atoms with Gasteiger partial charge in [-0.2, -0.15) is 4.31 Å². The van der Waals surface area contributed by atoms with Crippen LogP contribution in [0.4, 0.5) is 11.6 Å². The predicted octanol–water partition coefficient (Wildman–Crippen LogP) is 2.29. The first-order valence-corrected chi connectivity index (χ1v) is 15.0. The number of hydrogen-bond donors (Lipinski definition) is 0. The number of benzene rings is 1. The van der Waals surface area contributed by atoms with Gasteiger partial charge in [-0.25, -0.2) is 18.4 Å². The molecule has 12 heteroatoms. The van der Waals surface area contributed by atoms with Crippen molar-refractivity contribution in [2.45, 2.75) is 37.5 Å². The number of amides is 2. The Morgan fingerprint density at radius 1 is 1.05 bits per heavy atom. The molecule has 2 fully saturated rings. The molecule has 3 aliphatic rings. The maximum atomic E-state index is 13.7. The molecule has 0 aliphatic carbocycles. The molecule has 1 unspecified atom stereocenters. The molecule has 198 valence electrons. The van der Waals surface area contributed by atoms with Gasteiger partial charge in [0.1, 0.15) is 0 Å². The zero-order valence-corrected chi connectivity index (χ0v) is 23.2. The molecule has 4 heterocycles. The number of fused-ring (bicyclic) bond motifs is 1. The summed E-state index contributed by atoms with van der Waals surface area (Å²) in [4.78, 5) is 40.1. The van der Waals surface area contributed by atoms with Gasteiger partial charge in [0, 0.05) is 74.8 Å². The van der Waals surface area contributed by atoms with Crippen molar-refractivity contribution in [1.82, 2.24) is 19.2 Å². The summed E-state index contributed by atoms with van der Waals surface area (Å²) >= 11 is 3.46. The Hall–Kier alpha value is -2.57. The summed E-state index contributed by atoms with van der Waals surface area (Å²) < 4.78 is 29.4. The SMILES string of the molecule is CCC(=O)N1CCc2cc(Br)c(S(=O)(=O)N3CCCC(C(=O)N4CCN(c5ncccn5)CC4)C3)cc21. The number of carbonyl (C=O) groups excluding carboxylic acids is 2. The highest BCUT2D eigenvalue weighted by Gasteiger charge is 2.38. The zero-order chi connectivity index (χ0) is 26.2. The van der Waals surface area contributed by atoms with Crippen molar-refractivity contribution < 1.29 is 18.0 Å². The van der Waals surface area contributed by atoms with E-state index in [1.54, 1.807) is 36.4 Å². The molecular weight excluding hydrogens is 560 g/mol. The molecule has 0 spiro atoms. The highest BCUT2D eigenvalue weighted by molar-refractivity contribution is 9.10. The third kappa shape index (κ3) is 5.10. The second-order valence-corrected chi connectivity index (χ2v) is 12.4. The van der Waals surface area contributed by atoms with Crippen LogP contribution in [0.1, 0.15) is 31.7 Å². The van der Waals surface area contributed by atoms with Gasteiger partial charge in [-0.15, -0.1) is 0 Å². The molecule has 37 heavy (non-hydrogen) atoms. The maximum Gasteiger partial charge on any atom is 0.244 e. The lowest BCUT2D eigenvalue weighted by Crippen LogP contribution is -2.53. The minimum atomic E-state index is -3.86. The molecule has 0 radical (unpaired) electrons. The zero-order valence-electron chi connectivity index (χ0n) is 20.8. The number of hydrogen-bond acceptors (Lipinski definition) is 7. The standard InChI is InChI=1S/C25H31BrN6O4S/c1-2-23(33)32-10-6-18-15-20(26)22(16-21(18)32)37(35,36)31-9-3-5-19(17-31)24(34)29-11-13-30(14-12-29)25-27-7-4-8-28-25/h4,7-8,15-16,19H,2-3,5-6,9-14,17H2,1H3. The molecule has 1 aromatic carbocycles. The summed E-state index contributed by atoms with van der Waals surface area (Å²) in [7, 11) is -3.86. The van der Waals surface area contributed by atoms with Crippen molar-refractivity contribution in [2.75, 3.05) is 55.6 Å². The maximum absolute atomic E-state index is 13.7. The molecule has 3 aliphatic heterocycles. The summed E-state index contributed by atoms with van der Waals surface area (Å²) in [6.45, 7) is 5.27. The van der Waals surface area contributed by atoms with E-state index in [1.165, 1.54) is 4.31 Å². The third-order valence-electron chi connectivity index (χ3n) is 7.41. The number of carbonyl (C=O) groups is 2. The monoisotopic (exact) mass is 590 g/mol. The van der Waals surface area contributed by atoms with Gasteiger partial charge in [0.15, 0.2) is 0 Å². The first kappa shape index (κ1) is 26.1. The lowest BCUT2D eigenvalue weighted by Gasteiger charge is -2.38. The topological polar surface area (TPSA) is 107 Å². The van der Waals surface area contributed by atoms with Crippen LogP contribution in [0.25, 0.3) is 0 Å². The fourth-order valence-electron chi connectivity index (χ4n) is 5.38. The van der Waals surface area contributed by atoms with Crippen LogP contribution >= 0.6 is 15.9 Å². The lowest BCUT2D eigenvalue weighted by molar-refractivity contribution is -0.137. The fraction of sp³-hybridized carbons (Fsp3) is 0.520. The Kier molecular flexibility index (Phi) is 7.51. The molecule has 2 amide bonds. The molecule has 10 nitrogen and oxygen atoms in total. The van der Waals surface area contributed by atoms with Crippen LogP contribution in [0.3, 0.4) is 0 Å². The van der Waals surface area contributed by atoms with Crippen molar-refractivity contribution in [1.29, 1.82) is 0 Å². The minimum Gasteiger partial charge on any atom is -0.339 e. The van der Waals surface area contributed by atoms with Crippen LogP contribution in [-0.4, -0.2) is 85.2 Å². The van der Waals surface area contributed by atoms with E-state index in [-0.39, 0.29) is 29.2 Å². The van der Waals surface area contributed by atoms with Gasteiger partial charge in [0.2, 0.25) is 27.8 Å². The first-order valence-electron chi connectivity index (χ1n) is 12.7. The van der Waals surface area contributed by atoms with E-state index in [0.717, 1.165) is 5.56 Å². The number of sulfonamides is 1. The van der Waals surface area contributed by atoms with E-state index in [2.05, 4.69) is 30.8 Å². The Morgan fingerprint density at radius 2 is 1.78 bits per heavy atom. The van der Waals surface area contributed by atoms with Crippen LogP contribution in [0.15, 0.2) is 40.0 Å². The third-order valence-corrected chi connectivity index (χ3v) is 10.2. The Balaban J connectivity index is 1.29. The average Bonchev–Trinajstić information content (AvgIpc) is 3.35. The van der Waals surface area contributed by atoms with E-state index in [9.17, 15) is 18.0 Å². The van der Waals surface area contributed by atoms with Crippen LogP contribution in [0.5, 0.6) is 0 Å². The highest BCUT2D eigenvalue weighted by Crippen LogP contribution is 2.37. The van der Waals surface area contributed by atoms with Gasteiger partial charge in [0.25, 0.3) is 0 Å². The second kappa shape index (κ2) is 10.7. The predicted molar refractivity (Wildman–Crippen MR) is 143 cm³/mol. The first-order chi connectivity index (χ1) is 17.8.